The van der Waals surface area contributed by atoms with E-state index in [9.17, 15) is 4.79 Å². The third kappa shape index (κ3) is 3.61. The molecule has 0 amide bonds. The zero-order chi connectivity index (χ0) is 18.8. The van der Waals surface area contributed by atoms with Crippen molar-refractivity contribution < 1.29 is 4.74 Å². The summed E-state index contributed by atoms with van der Waals surface area (Å²) in [6.45, 7) is 3.01. The number of rotatable bonds is 5. The summed E-state index contributed by atoms with van der Waals surface area (Å²) in [5.74, 6) is 0.817. The predicted molar refractivity (Wildman–Crippen MR) is 111 cm³/mol. The number of hydrogen-bond acceptors (Lipinski definition) is 4. The number of nitrogens with zero attached hydrogens (tertiary/aromatic N) is 2. The molecular weight excluding hydrogens is 380 g/mol. The molecule has 0 fully saturated rings. The summed E-state index contributed by atoms with van der Waals surface area (Å²) in [5, 5.41) is 3.28. The van der Waals surface area contributed by atoms with Gasteiger partial charge in [0.2, 0.25) is 0 Å². The standard InChI is InChI=1S/C21H17ClN2O2S/c1-2-26-17-8-6-15(7-9-17)18-12-27-20-19(18)21(25)24(13-23-20)11-14-4-3-5-16(22)10-14/h3-10,12-13H,2,11H2,1H3. The fourth-order valence-corrected chi connectivity index (χ4v) is 4.14. The highest BCUT2D eigenvalue weighted by Crippen LogP contribution is 2.31. The van der Waals surface area contributed by atoms with Crippen LogP contribution >= 0.6 is 22.9 Å². The van der Waals surface area contributed by atoms with Gasteiger partial charge < -0.3 is 4.74 Å². The SMILES string of the molecule is CCOc1ccc(-c2csc3ncn(Cc4cccc(Cl)c4)c(=O)c23)cc1. The number of thiophene rings is 1. The molecular formula is C21H17ClN2O2S. The fourth-order valence-electron chi connectivity index (χ4n) is 3.02. The van der Waals surface area contributed by atoms with Crippen molar-refractivity contribution in [1.29, 1.82) is 0 Å². The highest BCUT2D eigenvalue weighted by molar-refractivity contribution is 7.17. The third-order valence-electron chi connectivity index (χ3n) is 4.28. The first-order valence-electron chi connectivity index (χ1n) is 8.60. The van der Waals surface area contributed by atoms with E-state index >= 15 is 0 Å². The summed E-state index contributed by atoms with van der Waals surface area (Å²) < 4.78 is 7.12. The van der Waals surface area contributed by atoms with Crippen LogP contribution in [0.4, 0.5) is 0 Å². The van der Waals surface area contributed by atoms with Gasteiger partial charge in [0.1, 0.15) is 10.6 Å². The van der Waals surface area contributed by atoms with Gasteiger partial charge in [-0.1, -0.05) is 35.9 Å². The highest BCUT2D eigenvalue weighted by Gasteiger charge is 2.13. The molecule has 0 atom stereocenters. The smallest absolute Gasteiger partial charge is 0.263 e. The Labute approximate surface area is 165 Å². The molecule has 136 valence electrons. The first-order chi connectivity index (χ1) is 13.2. The van der Waals surface area contributed by atoms with Gasteiger partial charge in [-0.3, -0.25) is 9.36 Å². The Hall–Kier alpha value is -2.63. The van der Waals surface area contributed by atoms with Gasteiger partial charge in [-0.25, -0.2) is 4.98 Å². The van der Waals surface area contributed by atoms with E-state index in [4.69, 9.17) is 16.3 Å². The zero-order valence-electron chi connectivity index (χ0n) is 14.7. The Morgan fingerprint density at radius 1 is 1.19 bits per heavy atom. The predicted octanol–water partition coefficient (Wildman–Crippen LogP) is 5.23. The molecule has 0 aliphatic rings. The summed E-state index contributed by atoms with van der Waals surface area (Å²) in [4.78, 5) is 18.3. The van der Waals surface area contributed by atoms with Crippen molar-refractivity contribution in [2.45, 2.75) is 13.5 Å². The molecule has 2 heterocycles. The van der Waals surface area contributed by atoms with Gasteiger partial charge >= 0.3 is 0 Å². The zero-order valence-corrected chi connectivity index (χ0v) is 16.3. The molecule has 2 aromatic heterocycles. The lowest BCUT2D eigenvalue weighted by Crippen LogP contribution is -2.20. The second-order valence-electron chi connectivity index (χ2n) is 6.09. The molecule has 4 rings (SSSR count). The van der Waals surface area contributed by atoms with E-state index < -0.39 is 0 Å². The molecule has 0 aliphatic heterocycles. The van der Waals surface area contributed by atoms with Gasteiger partial charge in [-0.2, -0.15) is 0 Å². The van der Waals surface area contributed by atoms with Crippen LogP contribution in [-0.2, 0) is 6.54 Å². The minimum Gasteiger partial charge on any atom is -0.494 e. The third-order valence-corrected chi connectivity index (χ3v) is 5.40. The number of ether oxygens (including phenoxy) is 1. The minimum atomic E-state index is -0.0508. The Morgan fingerprint density at radius 2 is 2.00 bits per heavy atom. The molecule has 0 unspecified atom stereocenters. The van der Waals surface area contributed by atoms with Crippen LogP contribution in [0.15, 0.2) is 65.0 Å². The molecule has 0 bridgehead atoms. The van der Waals surface area contributed by atoms with Gasteiger partial charge in [0.05, 0.1) is 24.9 Å². The summed E-state index contributed by atoms with van der Waals surface area (Å²) in [6, 6.07) is 15.3. The topological polar surface area (TPSA) is 44.1 Å². The average Bonchev–Trinajstić information content (AvgIpc) is 3.10. The Kier molecular flexibility index (Phi) is 4.97. The Bertz CT molecular complexity index is 1150. The molecule has 0 N–H and O–H groups in total. The number of fused-ring (bicyclic) bond motifs is 1. The molecule has 2 aromatic carbocycles. The van der Waals surface area contributed by atoms with E-state index in [0.717, 1.165) is 27.3 Å². The quantitative estimate of drug-likeness (QED) is 0.464. The molecule has 0 saturated carbocycles. The molecule has 0 spiro atoms. The highest BCUT2D eigenvalue weighted by atomic mass is 35.5. The van der Waals surface area contributed by atoms with Crippen molar-refractivity contribution in [3.63, 3.8) is 0 Å². The van der Waals surface area contributed by atoms with Crippen molar-refractivity contribution in [2.24, 2.45) is 0 Å². The van der Waals surface area contributed by atoms with E-state index in [1.54, 1.807) is 10.9 Å². The lowest BCUT2D eigenvalue weighted by molar-refractivity contribution is 0.340. The van der Waals surface area contributed by atoms with E-state index in [1.807, 2.05) is 60.8 Å². The lowest BCUT2D eigenvalue weighted by atomic mass is 10.1. The van der Waals surface area contributed by atoms with Crippen molar-refractivity contribution in [1.82, 2.24) is 9.55 Å². The lowest BCUT2D eigenvalue weighted by Gasteiger charge is -2.07. The summed E-state index contributed by atoms with van der Waals surface area (Å²) in [5.41, 5.74) is 2.79. The molecule has 0 aliphatic carbocycles. The second-order valence-corrected chi connectivity index (χ2v) is 7.39. The van der Waals surface area contributed by atoms with Crippen LogP contribution in [-0.4, -0.2) is 16.2 Å². The van der Waals surface area contributed by atoms with Crippen LogP contribution < -0.4 is 10.3 Å². The number of halogens is 1. The minimum absolute atomic E-state index is 0.0508. The molecule has 0 radical (unpaired) electrons. The van der Waals surface area contributed by atoms with Crippen LogP contribution in [0.2, 0.25) is 5.02 Å². The van der Waals surface area contributed by atoms with Crippen LogP contribution in [0.1, 0.15) is 12.5 Å². The Balaban J connectivity index is 1.76. The van der Waals surface area contributed by atoms with Crippen molar-refractivity contribution in [3.8, 4) is 16.9 Å². The maximum Gasteiger partial charge on any atom is 0.263 e. The fraction of sp³-hybridized carbons (Fsp3) is 0.143. The van der Waals surface area contributed by atoms with Gasteiger partial charge in [0.25, 0.3) is 5.56 Å². The van der Waals surface area contributed by atoms with Crippen molar-refractivity contribution >= 4 is 33.2 Å². The number of hydrogen-bond donors (Lipinski definition) is 0. The number of aromatic nitrogens is 2. The number of benzene rings is 2. The maximum absolute atomic E-state index is 13.1. The van der Waals surface area contributed by atoms with Crippen molar-refractivity contribution in [2.75, 3.05) is 6.61 Å². The Morgan fingerprint density at radius 3 is 2.74 bits per heavy atom. The summed E-state index contributed by atoms with van der Waals surface area (Å²) in [7, 11) is 0. The van der Waals surface area contributed by atoms with Crippen LogP contribution in [0.25, 0.3) is 21.3 Å². The average molecular weight is 397 g/mol. The molecule has 6 heteroatoms. The van der Waals surface area contributed by atoms with Gasteiger partial charge in [-0.15, -0.1) is 11.3 Å². The van der Waals surface area contributed by atoms with Crippen LogP contribution in [0.5, 0.6) is 5.75 Å². The molecule has 4 aromatic rings. The maximum atomic E-state index is 13.1. The van der Waals surface area contributed by atoms with E-state index in [-0.39, 0.29) is 5.56 Å². The summed E-state index contributed by atoms with van der Waals surface area (Å²) in [6.07, 6.45) is 1.60. The van der Waals surface area contributed by atoms with E-state index in [2.05, 4.69) is 4.98 Å². The van der Waals surface area contributed by atoms with E-state index in [0.29, 0.717) is 23.6 Å². The first kappa shape index (κ1) is 17.8. The van der Waals surface area contributed by atoms with Crippen molar-refractivity contribution in [3.05, 3.63) is 81.2 Å². The van der Waals surface area contributed by atoms with Gasteiger partial charge in [-0.05, 0) is 42.3 Å². The van der Waals surface area contributed by atoms with Crippen LogP contribution in [0.3, 0.4) is 0 Å². The van der Waals surface area contributed by atoms with Gasteiger partial charge in [0.15, 0.2) is 0 Å². The van der Waals surface area contributed by atoms with Crippen LogP contribution in [0, 0.1) is 0 Å². The molecule has 0 saturated heterocycles. The van der Waals surface area contributed by atoms with Gasteiger partial charge in [0, 0.05) is 16.0 Å². The first-order valence-corrected chi connectivity index (χ1v) is 9.86. The molecule has 4 nitrogen and oxygen atoms in total. The van der Waals surface area contributed by atoms with E-state index in [1.165, 1.54) is 11.3 Å². The summed E-state index contributed by atoms with van der Waals surface area (Å²) >= 11 is 7.54. The second kappa shape index (κ2) is 7.55. The largest absolute Gasteiger partial charge is 0.494 e. The molecule has 27 heavy (non-hydrogen) atoms. The normalized spacial score (nSPS) is 11.0. The monoisotopic (exact) mass is 396 g/mol.